The fourth-order valence-corrected chi connectivity index (χ4v) is 6.58. The lowest BCUT2D eigenvalue weighted by Crippen LogP contribution is -2.49. The SMILES string of the molecule is C/C(=C\c1cc(F)cc(N2CCN(C(=O)Cn3cccn3)CC2)c1)[C@H]1OC(=O)C[C@H](O)CC[C@H](C)[C@@H](OC(=O)N2CC[C@@H](F)C2)/C=C\[C@@H]1C. The number of hydrogen-bond donors (Lipinski definition) is 1. The van der Waals surface area contributed by atoms with E-state index in [1.54, 1.807) is 47.1 Å². The Labute approximate surface area is 286 Å². The van der Waals surface area contributed by atoms with E-state index in [9.17, 15) is 28.3 Å². The van der Waals surface area contributed by atoms with Gasteiger partial charge in [-0.3, -0.25) is 14.3 Å². The lowest BCUT2D eigenvalue weighted by molar-refractivity contribution is -0.151. The van der Waals surface area contributed by atoms with Gasteiger partial charge in [0.25, 0.3) is 0 Å². The average molecular weight is 684 g/mol. The molecule has 13 heteroatoms. The number of rotatable bonds is 6. The van der Waals surface area contributed by atoms with E-state index in [-0.39, 0.29) is 43.7 Å². The Bertz CT molecular complexity index is 1510. The second kappa shape index (κ2) is 16.4. The summed E-state index contributed by atoms with van der Waals surface area (Å²) < 4.78 is 42.0. The standard InChI is InChI=1S/C36H47F2N5O6/c1-24-5-7-31(44)21-34(46)49-35(25(2)6-8-32(24)48-36(47)42-12-9-28(37)22-42)26(3)17-27-18-29(38)20-30(19-27)40-13-15-41(16-14-40)33(45)23-43-11-4-10-39-43/h4,6,8,10-11,17-20,24-25,28,31-32,35,44H,5,7,9,12-16,21-23H2,1-3H3/b8-6-,26-17+/t24-,25-,28+,31+,32-,35-/m0/s1. The van der Waals surface area contributed by atoms with Crippen molar-refractivity contribution in [1.82, 2.24) is 19.6 Å². The molecule has 2 saturated heterocycles. The Balaban J connectivity index is 1.30. The van der Waals surface area contributed by atoms with Gasteiger partial charge in [0.05, 0.1) is 19.1 Å². The van der Waals surface area contributed by atoms with Gasteiger partial charge in [-0.1, -0.05) is 26.0 Å². The fourth-order valence-electron chi connectivity index (χ4n) is 6.58. The van der Waals surface area contributed by atoms with Crippen LogP contribution in [0.25, 0.3) is 6.08 Å². The minimum absolute atomic E-state index is 0.00520. The molecule has 0 saturated carbocycles. The van der Waals surface area contributed by atoms with E-state index in [0.29, 0.717) is 62.4 Å². The minimum Gasteiger partial charge on any atom is -0.457 e. The fraction of sp³-hybridized carbons (Fsp3) is 0.556. The van der Waals surface area contributed by atoms with Gasteiger partial charge >= 0.3 is 12.1 Å². The third kappa shape index (κ3) is 9.90. The van der Waals surface area contributed by atoms with Gasteiger partial charge in [0.1, 0.15) is 30.7 Å². The molecule has 6 atom stereocenters. The number of anilines is 1. The molecule has 2 amide bonds. The number of amides is 2. The van der Waals surface area contributed by atoms with Crippen LogP contribution in [0.1, 0.15) is 52.0 Å². The van der Waals surface area contributed by atoms with Crippen LogP contribution < -0.4 is 4.90 Å². The summed E-state index contributed by atoms with van der Waals surface area (Å²) in [6.45, 7) is 8.14. The molecule has 4 heterocycles. The molecule has 1 aromatic heterocycles. The molecule has 49 heavy (non-hydrogen) atoms. The zero-order valence-electron chi connectivity index (χ0n) is 28.4. The average Bonchev–Trinajstić information content (AvgIpc) is 3.75. The van der Waals surface area contributed by atoms with Crippen molar-refractivity contribution in [2.24, 2.45) is 11.8 Å². The van der Waals surface area contributed by atoms with E-state index < -0.39 is 42.4 Å². The maximum Gasteiger partial charge on any atom is 0.410 e. The van der Waals surface area contributed by atoms with Gasteiger partial charge in [-0.2, -0.15) is 5.10 Å². The number of nitrogens with zero attached hydrogens (tertiary/aromatic N) is 5. The topological polar surface area (TPSA) is 117 Å². The molecule has 0 bridgehead atoms. The molecule has 2 aromatic rings. The highest BCUT2D eigenvalue weighted by Gasteiger charge is 2.31. The number of hydrogen-bond acceptors (Lipinski definition) is 8. The van der Waals surface area contributed by atoms with E-state index in [2.05, 4.69) is 5.10 Å². The van der Waals surface area contributed by atoms with Gasteiger partial charge in [-0.05, 0) is 73.6 Å². The minimum atomic E-state index is -1.06. The van der Waals surface area contributed by atoms with Crippen LogP contribution in [0.5, 0.6) is 0 Å². The van der Waals surface area contributed by atoms with E-state index in [0.717, 1.165) is 0 Å². The van der Waals surface area contributed by atoms with Crippen LogP contribution in [0.2, 0.25) is 0 Å². The van der Waals surface area contributed by atoms with Crippen LogP contribution in [-0.4, -0.2) is 106 Å². The molecule has 0 aliphatic carbocycles. The van der Waals surface area contributed by atoms with E-state index in [1.165, 1.54) is 17.0 Å². The van der Waals surface area contributed by atoms with Crippen LogP contribution in [0, 0.1) is 17.7 Å². The predicted octanol–water partition coefficient (Wildman–Crippen LogP) is 4.61. The number of halogens is 2. The highest BCUT2D eigenvalue weighted by Crippen LogP contribution is 2.28. The van der Waals surface area contributed by atoms with Gasteiger partial charge in [0.15, 0.2) is 0 Å². The molecular formula is C36H47F2N5O6. The first-order valence-corrected chi connectivity index (χ1v) is 17.1. The summed E-state index contributed by atoms with van der Waals surface area (Å²) >= 11 is 0. The van der Waals surface area contributed by atoms with Crippen molar-refractivity contribution in [3.8, 4) is 0 Å². The Morgan fingerprint density at radius 1 is 1.06 bits per heavy atom. The number of piperazine rings is 1. The molecule has 11 nitrogen and oxygen atoms in total. The number of aliphatic hydroxyl groups excluding tert-OH is 1. The Kier molecular flexibility index (Phi) is 12.1. The molecular weight excluding hydrogens is 636 g/mol. The molecule has 3 aliphatic heterocycles. The number of likely N-dealkylation sites (tertiary alicyclic amines) is 1. The largest absolute Gasteiger partial charge is 0.457 e. The molecule has 3 aliphatic rings. The van der Waals surface area contributed by atoms with Gasteiger partial charge in [0, 0.05) is 56.7 Å². The Morgan fingerprint density at radius 2 is 1.84 bits per heavy atom. The quantitative estimate of drug-likeness (QED) is 0.347. The van der Waals surface area contributed by atoms with Crippen molar-refractivity contribution >= 4 is 29.7 Å². The highest BCUT2D eigenvalue weighted by atomic mass is 19.1. The first-order chi connectivity index (χ1) is 23.4. The van der Waals surface area contributed by atoms with E-state index in [4.69, 9.17) is 9.47 Å². The second-order valence-electron chi connectivity index (χ2n) is 13.4. The molecule has 2 fully saturated rings. The summed E-state index contributed by atoms with van der Waals surface area (Å²) in [4.78, 5) is 43.7. The maximum atomic E-state index is 15.0. The first kappa shape index (κ1) is 36.0. The third-order valence-electron chi connectivity index (χ3n) is 9.49. The number of carbonyl (C=O) groups excluding carboxylic acids is 3. The molecule has 0 unspecified atom stereocenters. The molecule has 5 rings (SSSR count). The van der Waals surface area contributed by atoms with Gasteiger partial charge in [-0.25, -0.2) is 13.6 Å². The smallest absolute Gasteiger partial charge is 0.410 e. The summed E-state index contributed by atoms with van der Waals surface area (Å²) in [5.74, 6) is -1.52. The number of aliphatic hydroxyl groups is 1. The molecule has 266 valence electrons. The van der Waals surface area contributed by atoms with Crippen molar-refractivity contribution in [3.05, 3.63) is 65.8 Å². The third-order valence-corrected chi connectivity index (χ3v) is 9.49. The van der Waals surface area contributed by atoms with Crippen molar-refractivity contribution in [2.75, 3.05) is 44.2 Å². The number of ether oxygens (including phenoxy) is 2. The van der Waals surface area contributed by atoms with Gasteiger partial charge in [0.2, 0.25) is 5.91 Å². The van der Waals surface area contributed by atoms with Crippen LogP contribution in [-0.2, 0) is 25.6 Å². The zero-order chi connectivity index (χ0) is 35.1. The van der Waals surface area contributed by atoms with E-state index in [1.807, 2.05) is 30.9 Å². The molecule has 1 aromatic carbocycles. The lowest BCUT2D eigenvalue weighted by Gasteiger charge is -2.36. The number of carbonyl (C=O) groups is 3. The maximum absolute atomic E-state index is 15.0. The number of alkyl halides is 1. The monoisotopic (exact) mass is 683 g/mol. The van der Waals surface area contributed by atoms with Crippen molar-refractivity contribution < 1.29 is 37.7 Å². The molecule has 1 N–H and O–H groups in total. The van der Waals surface area contributed by atoms with Crippen LogP contribution in [0.4, 0.5) is 19.3 Å². The Hall–Kier alpha value is -4.26. The number of aromatic nitrogens is 2. The van der Waals surface area contributed by atoms with E-state index >= 15 is 0 Å². The normalized spacial score (nSPS) is 28.0. The first-order valence-electron chi connectivity index (χ1n) is 17.1. The van der Waals surface area contributed by atoms with Crippen molar-refractivity contribution in [2.45, 2.75) is 77.5 Å². The van der Waals surface area contributed by atoms with Crippen molar-refractivity contribution in [3.63, 3.8) is 0 Å². The second-order valence-corrected chi connectivity index (χ2v) is 13.4. The van der Waals surface area contributed by atoms with Crippen LogP contribution >= 0.6 is 0 Å². The lowest BCUT2D eigenvalue weighted by atomic mass is 9.91. The number of esters is 1. The highest BCUT2D eigenvalue weighted by molar-refractivity contribution is 5.76. The zero-order valence-corrected chi connectivity index (χ0v) is 28.4. The number of benzene rings is 1. The summed E-state index contributed by atoms with van der Waals surface area (Å²) in [5.41, 5.74) is 1.93. The Morgan fingerprint density at radius 3 is 2.53 bits per heavy atom. The van der Waals surface area contributed by atoms with Crippen LogP contribution in [0.3, 0.4) is 0 Å². The van der Waals surface area contributed by atoms with Crippen molar-refractivity contribution in [1.29, 1.82) is 0 Å². The number of cyclic esters (lactones) is 1. The van der Waals surface area contributed by atoms with Crippen LogP contribution in [0.15, 0.2) is 54.4 Å². The molecule has 0 radical (unpaired) electrons. The molecule has 0 spiro atoms. The van der Waals surface area contributed by atoms with Gasteiger partial charge in [-0.15, -0.1) is 0 Å². The summed E-state index contributed by atoms with van der Waals surface area (Å²) in [7, 11) is 0. The predicted molar refractivity (Wildman–Crippen MR) is 180 cm³/mol. The summed E-state index contributed by atoms with van der Waals surface area (Å²) in [6, 6.07) is 6.52. The summed E-state index contributed by atoms with van der Waals surface area (Å²) in [5, 5.41) is 14.7. The van der Waals surface area contributed by atoms with Gasteiger partial charge < -0.3 is 29.3 Å². The summed E-state index contributed by atoms with van der Waals surface area (Å²) in [6.07, 6.45) is 5.71.